The van der Waals surface area contributed by atoms with Gasteiger partial charge in [-0.2, -0.15) is 13.2 Å². The molecule has 0 saturated carbocycles. The number of rotatable bonds is 6. The topological polar surface area (TPSA) is 51.2 Å². The molecule has 1 heterocycles. The van der Waals surface area contributed by atoms with Gasteiger partial charge in [-0.15, -0.1) is 0 Å². The lowest BCUT2D eigenvalue weighted by molar-refractivity contribution is -0.138. The summed E-state index contributed by atoms with van der Waals surface area (Å²) in [5, 5.41) is 3.26. The average Bonchev–Trinajstić information content (AvgIpc) is 2.60. The van der Waals surface area contributed by atoms with Crippen LogP contribution in [0.3, 0.4) is 0 Å². The van der Waals surface area contributed by atoms with Crippen molar-refractivity contribution in [2.24, 2.45) is 0 Å². The van der Waals surface area contributed by atoms with Gasteiger partial charge < -0.3 is 10.1 Å². The van der Waals surface area contributed by atoms with Crippen molar-refractivity contribution in [3.8, 4) is 0 Å². The summed E-state index contributed by atoms with van der Waals surface area (Å²) >= 11 is 12.5. The van der Waals surface area contributed by atoms with Gasteiger partial charge in [-0.3, -0.25) is 0 Å². The van der Waals surface area contributed by atoms with Crippen LogP contribution in [0.1, 0.15) is 12.5 Å². The van der Waals surface area contributed by atoms with E-state index in [1.807, 2.05) is 0 Å². The average molecular weight is 437 g/mol. The van der Waals surface area contributed by atoms with E-state index in [1.54, 1.807) is 31.2 Å². The highest BCUT2D eigenvalue weighted by molar-refractivity contribution is 8.04. The van der Waals surface area contributed by atoms with Crippen molar-refractivity contribution in [2.45, 2.75) is 18.1 Å². The molecule has 10 heteroatoms. The first-order chi connectivity index (χ1) is 12.7. The number of pyridine rings is 1. The Morgan fingerprint density at radius 1 is 1.30 bits per heavy atom. The Kier molecular flexibility index (Phi) is 7.41. The van der Waals surface area contributed by atoms with Crippen LogP contribution in [0.4, 0.5) is 18.9 Å². The molecule has 0 aliphatic rings. The van der Waals surface area contributed by atoms with E-state index in [-0.39, 0.29) is 21.6 Å². The maximum Gasteiger partial charge on any atom is 0.417 e. The Morgan fingerprint density at radius 2 is 1.96 bits per heavy atom. The quantitative estimate of drug-likeness (QED) is 0.341. The fourth-order valence-electron chi connectivity index (χ4n) is 1.79. The van der Waals surface area contributed by atoms with Crippen molar-refractivity contribution in [1.29, 1.82) is 0 Å². The van der Waals surface area contributed by atoms with E-state index in [4.69, 9.17) is 27.9 Å². The number of carbonyl (C=O) groups excluding carboxylic acids is 1. The zero-order valence-electron chi connectivity index (χ0n) is 13.8. The van der Waals surface area contributed by atoms with Gasteiger partial charge in [0.25, 0.3) is 0 Å². The molecule has 0 radical (unpaired) electrons. The second-order valence-electron chi connectivity index (χ2n) is 4.99. The number of hydrogen-bond acceptors (Lipinski definition) is 5. The molecule has 1 N–H and O–H groups in total. The van der Waals surface area contributed by atoms with Gasteiger partial charge in [-0.1, -0.05) is 35.0 Å². The zero-order chi connectivity index (χ0) is 20.0. The van der Waals surface area contributed by atoms with Crippen molar-refractivity contribution in [2.75, 3.05) is 11.9 Å². The molecular weight excluding hydrogens is 424 g/mol. The second kappa shape index (κ2) is 9.34. The third-order valence-electron chi connectivity index (χ3n) is 3.03. The van der Waals surface area contributed by atoms with Crippen LogP contribution in [0.2, 0.25) is 10.0 Å². The maximum absolute atomic E-state index is 12.7. The van der Waals surface area contributed by atoms with Crippen LogP contribution >= 0.6 is 35.0 Å². The van der Waals surface area contributed by atoms with Gasteiger partial charge >= 0.3 is 12.1 Å². The number of halogens is 5. The van der Waals surface area contributed by atoms with E-state index in [1.165, 1.54) is 6.20 Å². The summed E-state index contributed by atoms with van der Waals surface area (Å²) in [7, 11) is 0. The molecule has 0 bridgehead atoms. The third-order valence-corrected chi connectivity index (χ3v) is 4.71. The van der Waals surface area contributed by atoms with E-state index in [9.17, 15) is 18.0 Å². The van der Waals surface area contributed by atoms with Gasteiger partial charge in [0.05, 0.1) is 17.2 Å². The summed E-state index contributed by atoms with van der Waals surface area (Å²) in [6.45, 7) is 1.77. The molecule has 2 aromatic rings. The largest absolute Gasteiger partial charge is 0.462 e. The van der Waals surface area contributed by atoms with E-state index >= 15 is 0 Å². The number of nitrogens with zero attached hydrogens (tertiary/aromatic N) is 1. The van der Waals surface area contributed by atoms with Gasteiger partial charge in [-0.25, -0.2) is 9.78 Å². The number of carbonyl (C=O) groups is 1. The number of anilines is 1. The molecule has 27 heavy (non-hydrogen) atoms. The molecule has 0 aliphatic heterocycles. The van der Waals surface area contributed by atoms with E-state index in [2.05, 4.69) is 10.3 Å². The van der Waals surface area contributed by atoms with Crippen LogP contribution in [0, 0.1) is 0 Å². The van der Waals surface area contributed by atoms with Crippen LogP contribution in [0.25, 0.3) is 0 Å². The van der Waals surface area contributed by atoms with Crippen LogP contribution in [0.15, 0.2) is 52.7 Å². The normalized spacial score (nSPS) is 12.0. The summed E-state index contributed by atoms with van der Waals surface area (Å²) in [6.07, 6.45) is -2.54. The Morgan fingerprint density at radius 3 is 2.52 bits per heavy atom. The van der Waals surface area contributed by atoms with Crippen molar-refractivity contribution in [1.82, 2.24) is 4.98 Å². The second-order valence-corrected chi connectivity index (χ2v) is 6.87. The van der Waals surface area contributed by atoms with Gasteiger partial charge in [-0.05, 0) is 37.3 Å². The standard InChI is InChI=1S/C17H13Cl2F3N2O2S/c1-2-26-16(25)14(9-23-12-5-3-11(18)4-6-12)27-15-13(19)7-10(8-24-15)17(20,21)22/h3-9,23H,2H2,1H3/b14-9-. The van der Waals surface area contributed by atoms with Crippen molar-refractivity contribution < 1.29 is 22.7 Å². The first-order valence-corrected chi connectivity index (χ1v) is 9.08. The molecule has 0 unspecified atom stereocenters. The molecule has 1 aromatic heterocycles. The number of nitrogens with one attached hydrogen (secondary N) is 1. The van der Waals surface area contributed by atoms with Crippen LogP contribution in [-0.4, -0.2) is 17.6 Å². The fraction of sp³-hybridized carbons (Fsp3) is 0.176. The molecule has 1 aromatic carbocycles. The molecular formula is C17H13Cl2F3N2O2S. The van der Waals surface area contributed by atoms with Crippen LogP contribution < -0.4 is 5.32 Å². The first kappa shape index (κ1) is 21.4. The Balaban J connectivity index is 2.25. The fourth-order valence-corrected chi connectivity index (χ4v) is 2.93. The smallest absolute Gasteiger partial charge is 0.417 e. The summed E-state index contributed by atoms with van der Waals surface area (Å²) in [5.74, 6) is -0.665. The minimum absolute atomic E-state index is 0.0434. The van der Waals surface area contributed by atoms with Crippen molar-refractivity contribution >= 4 is 46.6 Å². The van der Waals surface area contributed by atoms with Gasteiger partial charge in [0, 0.05) is 23.1 Å². The number of thioether (sulfide) groups is 1. The summed E-state index contributed by atoms with van der Waals surface area (Å²) in [4.78, 5) is 15.9. The van der Waals surface area contributed by atoms with E-state index in [0.717, 1.165) is 17.8 Å². The van der Waals surface area contributed by atoms with Gasteiger partial charge in [0.15, 0.2) is 0 Å². The molecule has 0 spiro atoms. The maximum atomic E-state index is 12.7. The number of alkyl halides is 3. The highest BCUT2D eigenvalue weighted by Crippen LogP contribution is 2.36. The monoisotopic (exact) mass is 436 g/mol. The van der Waals surface area contributed by atoms with Gasteiger partial charge in [0.1, 0.15) is 9.93 Å². The number of ether oxygens (including phenoxy) is 1. The minimum atomic E-state index is -4.56. The van der Waals surface area contributed by atoms with E-state index in [0.29, 0.717) is 16.9 Å². The molecule has 2 rings (SSSR count). The molecule has 0 saturated heterocycles. The first-order valence-electron chi connectivity index (χ1n) is 7.50. The summed E-state index contributed by atoms with van der Waals surface area (Å²) in [6, 6.07) is 7.45. The summed E-state index contributed by atoms with van der Waals surface area (Å²) in [5.41, 5.74) is -0.328. The Labute approximate surface area is 167 Å². The number of hydrogen-bond donors (Lipinski definition) is 1. The highest BCUT2D eigenvalue weighted by Gasteiger charge is 2.31. The Hall–Kier alpha value is -1.90. The predicted molar refractivity (Wildman–Crippen MR) is 99.9 cm³/mol. The highest BCUT2D eigenvalue weighted by atomic mass is 35.5. The lowest BCUT2D eigenvalue weighted by Crippen LogP contribution is -2.08. The minimum Gasteiger partial charge on any atom is -0.462 e. The van der Waals surface area contributed by atoms with Gasteiger partial charge in [0.2, 0.25) is 0 Å². The third kappa shape index (κ3) is 6.34. The predicted octanol–water partition coefficient (Wildman–Crippen LogP) is 6.02. The van der Waals surface area contributed by atoms with Crippen molar-refractivity contribution in [3.63, 3.8) is 0 Å². The van der Waals surface area contributed by atoms with Crippen molar-refractivity contribution in [3.05, 3.63) is 63.2 Å². The molecule has 0 atom stereocenters. The number of aromatic nitrogens is 1. The molecule has 0 amide bonds. The molecule has 0 aliphatic carbocycles. The Bertz CT molecular complexity index is 843. The number of benzene rings is 1. The van der Waals surface area contributed by atoms with Crippen LogP contribution in [-0.2, 0) is 15.7 Å². The number of esters is 1. The molecule has 4 nitrogen and oxygen atoms in total. The molecule has 0 fully saturated rings. The lowest BCUT2D eigenvalue weighted by Gasteiger charge is -2.11. The SMILES string of the molecule is CCOC(=O)/C(=C/Nc1ccc(Cl)cc1)Sc1ncc(C(F)(F)F)cc1Cl. The van der Waals surface area contributed by atoms with E-state index < -0.39 is 17.7 Å². The molecule has 144 valence electrons. The van der Waals surface area contributed by atoms with Crippen LogP contribution in [0.5, 0.6) is 0 Å². The zero-order valence-corrected chi connectivity index (χ0v) is 16.1. The summed E-state index contributed by atoms with van der Waals surface area (Å²) < 4.78 is 43.1. The lowest BCUT2D eigenvalue weighted by atomic mass is 10.3.